The average Bonchev–Trinajstić information content (AvgIpc) is 2.38. The van der Waals surface area contributed by atoms with Gasteiger partial charge < -0.3 is 9.84 Å². The number of aliphatic hydroxyl groups excluding tert-OH is 1. The first kappa shape index (κ1) is 11.5. The zero-order valence-corrected chi connectivity index (χ0v) is 9.35. The first-order valence-corrected chi connectivity index (χ1v) is 5.15. The normalized spacial score (nSPS) is 10.3. The highest BCUT2D eigenvalue weighted by molar-refractivity contribution is 5.67. The molecule has 4 heteroatoms. The van der Waals surface area contributed by atoms with Gasteiger partial charge in [0.15, 0.2) is 0 Å². The van der Waals surface area contributed by atoms with E-state index in [0.717, 1.165) is 0 Å². The fourth-order valence-electron chi connectivity index (χ4n) is 1.64. The monoisotopic (exact) mass is 233 g/mol. The first-order valence-electron chi connectivity index (χ1n) is 5.15. The smallest absolute Gasteiger partial charge is 0.213 e. The van der Waals surface area contributed by atoms with Crippen molar-refractivity contribution >= 4 is 0 Å². The van der Waals surface area contributed by atoms with Crippen LogP contribution >= 0.6 is 0 Å². The second-order valence-corrected chi connectivity index (χ2v) is 3.52. The van der Waals surface area contributed by atoms with Crippen LogP contribution in [0, 0.1) is 5.82 Å². The summed E-state index contributed by atoms with van der Waals surface area (Å²) in [5.74, 6) is 0.0586. The van der Waals surface area contributed by atoms with E-state index in [1.165, 1.54) is 19.4 Å². The number of halogens is 1. The standard InChI is InChI=1S/C13H12FNO2/c1-17-13-6-9(8-16)11(7-15-13)10-4-2-3-5-12(10)14/h2-7,16H,8H2,1H3. The quantitative estimate of drug-likeness (QED) is 0.885. The minimum absolute atomic E-state index is 0.192. The molecule has 17 heavy (non-hydrogen) atoms. The van der Waals surface area contributed by atoms with Gasteiger partial charge in [-0.25, -0.2) is 9.37 Å². The van der Waals surface area contributed by atoms with Crippen molar-refractivity contribution in [3.63, 3.8) is 0 Å². The summed E-state index contributed by atoms with van der Waals surface area (Å²) >= 11 is 0. The molecule has 0 bridgehead atoms. The number of pyridine rings is 1. The third-order valence-electron chi connectivity index (χ3n) is 2.51. The number of aliphatic hydroxyl groups is 1. The highest BCUT2D eigenvalue weighted by atomic mass is 19.1. The van der Waals surface area contributed by atoms with Crippen molar-refractivity contribution in [2.45, 2.75) is 6.61 Å². The summed E-state index contributed by atoms with van der Waals surface area (Å²) in [5, 5.41) is 9.28. The molecule has 0 atom stereocenters. The van der Waals surface area contributed by atoms with E-state index in [4.69, 9.17) is 4.74 Å². The molecule has 2 rings (SSSR count). The van der Waals surface area contributed by atoms with Gasteiger partial charge in [-0.2, -0.15) is 0 Å². The van der Waals surface area contributed by atoms with Gasteiger partial charge in [0.05, 0.1) is 13.7 Å². The van der Waals surface area contributed by atoms with Crippen molar-refractivity contribution in [3.05, 3.63) is 47.9 Å². The second kappa shape index (κ2) is 4.93. The van der Waals surface area contributed by atoms with Gasteiger partial charge in [0.2, 0.25) is 5.88 Å². The van der Waals surface area contributed by atoms with Crippen LogP contribution in [0.15, 0.2) is 36.5 Å². The number of ether oxygens (including phenoxy) is 1. The number of methoxy groups -OCH3 is 1. The van der Waals surface area contributed by atoms with E-state index >= 15 is 0 Å². The molecule has 0 amide bonds. The summed E-state index contributed by atoms with van der Waals surface area (Å²) < 4.78 is 18.6. The second-order valence-electron chi connectivity index (χ2n) is 3.52. The maximum absolute atomic E-state index is 13.6. The average molecular weight is 233 g/mol. The molecule has 88 valence electrons. The Kier molecular flexibility index (Phi) is 3.35. The third kappa shape index (κ3) is 2.26. The van der Waals surface area contributed by atoms with Crippen molar-refractivity contribution in [3.8, 4) is 17.0 Å². The maximum atomic E-state index is 13.6. The molecule has 1 N–H and O–H groups in total. The lowest BCUT2D eigenvalue weighted by molar-refractivity contribution is 0.281. The molecule has 0 aliphatic rings. The Balaban J connectivity index is 2.56. The van der Waals surface area contributed by atoms with Crippen molar-refractivity contribution in [2.24, 2.45) is 0 Å². The fraction of sp³-hybridized carbons (Fsp3) is 0.154. The molecular formula is C13H12FNO2. The predicted molar refractivity (Wildman–Crippen MR) is 62.1 cm³/mol. The molecule has 0 aliphatic heterocycles. The Labute approximate surface area is 98.5 Å². The van der Waals surface area contributed by atoms with Crippen LogP contribution in [0.4, 0.5) is 4.39 Å². The van der Waals surface area contributed by atoms with Crippen LogP contribution in [0.1, 0.15) is 5.56 Å². The van der Waals surface area contributed by atoms with E-state index in [1.807, 2.05) is 0 Å². The van der Waals surface area contributed by atoms with E-state index in [1.54, 1.807) is 24.3 Å². The summed E-state index contributed by atoms with van der Waals surface area (Å²) in [6.07, 6.45) is 1.50. The first-order chi connectivity index (χ1) is 8.26. The molecule has 1 heterocycles. The number of aromatic nitrogens is 1. The summed E-state index contributed by atoms with van der Waals surface area (Å²) in [7, 11) is 1.49. The highest BCUT2D eigenvalue weighted by Gasteiger charge is 2.10. The molecule has 1 aromatic heterocycles. The van der Waals surface area contributed by atoms with Crippen LogP contribution in [0.3, 0.4) is 0 Å². The van der Waals surface area contributed by atoms with E-state index in [0.29, 0.717) is 22.6 Å². The van der Waals surface area contributed by atoms with Gasteiger partial charge in [-0.3, -0.25) is 0 Å². The lowest BCUT2D eigenvalue weighted by Crippen LogP contribution is -1.96. The molecule has 0 spiro atoms. The zero-order valence-electron chi connectivity index (χ0n) is 9.35. The van der Waals surface area contributed by atoms with E-state index in [9.17, 15) is 9.50 Å². The van der Waals surface area contributed by atoms with Gasteiger partial charge in [0.25, 0.3) is 0 Å². The lowest BCUT2D eigenvalue weighted by Gasteiger charge is -2.09. The molecule has 2 aromatic rings. The Morgan fingerprint density at radius 1 is 1.29 bits per heavy atom. The number of benzene rings is 1. The van der Waals surface area contributed by atoms with E-state index in [-0.39, 0.29) is 12.4 Å². The number of rotatable bonds is 3. The largest absolute Gasteiger partial charge is 0.481 e. The van der Waals surface area contributed by atoms with E-state index < -0.39 is 0 Å². The summed E-state index contributed by atoms with van der Waals surface area (Å²) in [6.45, 7) is -0.192. The third-order valence-corrected chi connectivity index (χ3v) is 2.51. The molecule has 0 saturated carbocycles. The summed E-state index contributed by atoms with van der Waals surface area (Å²) in [5.41, 5.74) is 1.58. The molecule has 3 nitrogen and oxygen atoms in total. The van der Waals surface area contributed by atoms with Crippen LogP contribution in [0.25, 0.3) is 11.1 Å². The van der Waals surface area contributed by atoms with Crippen molar-refractivity contribution in [2.75, 3.05) is 7.11 Å². The Morgan fingerprint density at radius 3 is 2.71 bits per heavy atom. The molecule has 0 aliphatic carbocycles. The molecule has 0 radical (unpaired) electrons. The van der Waals surface area contributed by atoms with Crippen molar-refractivity contribution in [1.82, 2.24) is 4.98 Å². The van der Waals surface area contributed by atoms with Crippen LogP contribution in [0.2, 0.25) is 0 Å². The van der Waals surface area contributed by atoms with E-state index in [2.05, 4.69) is 4.98 Å². The van der Waals surface area contributed by atoms with Gasteiger partial charge in [0.1, 0.15) is 5.82 Å². The molecule has 0 saturated heterocycles. The topological polar surface area (TPSA) is 42.4 Å². The van der Waals surface area contributed by atoms with Gasteiger partial charge in [-0.15, -0.1) is 0 Å². The number of hydrogen-bond donors (Lipinski definition) is 1. The predicted octanol–water partition coefficient (Wildman–Crippen LogP) is 2.39. The molecule has 0 fully saturated rings. The van der Waals surface area contributed by atoms with Crippen LogP contribution in [0.5, 0.6) is 5.88 Å². The summed E-state index contributed by atoms with van der Waals surface area (Å²) in [4.78, 5) is 4.02. The van der Waals surface area contributed by atoms with Crippen molar-refractivity contribution in [1.29, 1.82) is 0 Å². The zero-order chi connectivity index (χ0) is 12.3. The van der Waals surface area contributed by atoms with Crippen LogP contribution < -0.4 is 4.74 Å². The van der Waals surface area contributed by atoms with Gasteiger partial charge >= 0.3 is 0 Å². The molecular weight excluding hydrogens is 221 g/mol. The Bertz CT molecular complexity index is 529. The minimum Gasteiger partial charge on any atom is -0.481 e. The Hall–Kier alpha value is -1.94. The van der Waals surface area contributed by atoms with Gasteiger partial charge in [0, 0.05) is 23.4 Å². The van der Waals surface area contributed by atoms with Crippen LogP contribution in [-0.2, 0) is 6.61 Å². The van der Waals surface area contributed by atoms with Crippen LogP contribution in [-0.4, -0.2) is 17.2 Å². The molecule has 1 aromatic carbocycles. The minimum atomic E-state index is -0.339. The summed E-state index contributed by atoms with van der Waals surface area (Å²) in [6, 6.07) is 7.98. The van der Waals surface area contributed by atoms with Gasteiger partial charge in [-0.05, 0) is 11.6 Å². The lowest BCUT2D eigenvalue weighted by atomic mass is 10.0. The Morgan fingerprint density at radius 2 is 2.06 bits per heavy atom. The van der Waals surface area contributed by atoms with Crippen molar-refractivity contribution < 1.29 is 14.2 Å². The number of nitrogens with zero attached hydrogens (tertiary/aromatic N) is 1. The maximum Gasteiger partial charge on any atom is 0.213 e. The number of hydrogen-bond acceptors (Lipinski definition) is 3. The fourth-order valence-corrected chi connectivity index (χ4v) is 1.64. The molecule has 0 unspecified atom stereocenters. The SMILES string of the molecule is COc1cc(CO)c(-c2ccccc2F)cn1. The highest BCUT2D eigenvalue weighted by Crippen LogP contribution is 2.27. The van der Waals surface area contributed by atoms with Gasteiger partial charge in [-0.1, -0.05) is 18.2 Å².